The molecule has 1 amide bonds. The molecule has 8 heteroatoms. The number of thioether (sulfide) groups is 1. The molecule has 0 aliphatic carbocycles. The molecule has 1 aromatic heterocycles. The van der Waals surface area contributed by atoms with Crippen LogP contribution in [0.3, 0.4) is 0 Å². The SMILES string of the molecule is CCc1nnc(SCC(=O)Nc2ccccc2OC)n1CC1CCCO1. The van der Waals surface area contributed by atoms with Crippen LogP contribution in [0, 0.1) is 0 Å². The summed E-state index contributed by atoms with van der Waals surface area (Å²) in [4.78, 5) is 12.3. The third-order valence-corrected chi connectivity index (χ3v) is 5.20. The minimum Gasteiger partial charge on any atom is -0.495 e. The molecule has 0 spiro atoms. The van der Waals surface area contributed by atoms with E-state index in [-0.39, 0.29) is 17.8 Å². The number of nitrogens with zero attached hydrogens (tertiary/aromatic N) is 3. The van der Waals surface area contributed by atoms with Crippen LogP contribution in [0.5, 0.6) is 5.75 Å². The molecular formula is C18H24N4O3S. The van der Waals surface area contributed by atoms with E-state index in [9.17, 15) is 4.79 Å². The van der Waals surface area contributed by atoms with Gasteiger partial charge in [-0.1, -0.05) is 30.8 Å². The first-order valence-corrected chi connectivity index (χ1v) is 9.79. The van der Waals surface area contributed by atoms with Gasteiger partial charge in [-0.3, -0.25) is 4.79 Å². The van der Waals surface area contributed by atoms with E-state index in [4.69, 9.17) is 9.47 Å². The van der Waals surface area contributed by atoms with Gasteiger partial charge >= 0.3 is 0 Å². The summed E-state index contributed by atoms with van der Waals surface area (Å²) in [5.41, 5.74) is 0.663. The van der Waals surface area contributed by atoms with Gasteiger partial charge in [-0.05, 0) is 25.0 Å². The van der Waals surface area contributed by atoms with Crippen LogP contribution in [-0.2, 0) is 22.5 Å². The third kappa shape index (κ3) is 4.56. The van der Waals surface area contributed by atoms with Crippen LogP contribution in [0.2, 0.25) is 0 Å². The Kier molecular flexibility index (Phi) is 6.51. The van der Waals surface area contributed by atoms with Crippen LogP contribution in [0.15, 0.2) is 29.4 Å². The molecule has 1 N–H and O–H groups in total. The summed E-state index contributed by atoms with van der Waals surface area (Å²) in [5.74, 6) is 1.71. The predicted octanol–water partition coefficient (Wildman–Crippen LogP) is 2.76. The second-order valence-electron chi connectivity index (χ2n) is 6.04. The minimum atomic E-state index is -0.107. The van der Waals surface area contributed by atoms with E-state index in [0.29, 0.717) is 11.4 Å². The normalized spacial score (nSPS) is 16.6. The highest BCUT2D eigenvalue weighted by Gasteiger charge is 2.21. The molecule has 0 bridgehead atoms. The van der Waals surface area contributed by atoms with Gasteiger partial charge < -0.3 is 19.4 Å². The van der Waals surface area contributed by atoms with Crippen molar-refractivity contribution >= 4 is 23.4 Å². The van der Waals surface area contributed by atoms with Crippen molar-refractivity contribution in [2.75, 3.05) is 24.8 Å². The Balaban J connectivity index is 1.61. The third-order valence-electron chi connectivity index (χ3n) is 4.23. The zero-order valence-electron chi connectivity index (χ0n) is 15.1. The Morgan fingerprint density at radius 3 is 3.00 bits per heavy atom. The van der Waals surface area contributed by atoms with E-state index in [1.54, 1.807) is 7.11 Å². The number of amides is 1. The van der Waals surface area contributed by atoms with Gasteiger partial charge in [-0.15, -0.1) is 10.2 Å². The maximum Gasteiger partial charge on any atom is 0.234 e. The molecule has 3 rings (SSSR count). The van der Waals surface area contributed by atoms with Crippen LogP contribution < -0.4 is 10.1 Å². The van der Waals surface area contributed by atoms with Gasteiger partial charge in [-0.2, -0.15) is 0 Å². The van der Waals surface area contributed by atoms with Crippen LogP contribution in [0.25, 0.3) is 0 Å². The number of anilines is 1. The summed E-state index contributed by atoms with van der Waals surface area (Å²) in [5, 5.41) is 12.1. The van der Waals surface area contributed by atoms with Gasteiger partial charge in [-0.25, -0.2) is 0 Å². The largest absolute Gasteiger partial charge is 0.495 e. The smallest absolute Gasteiger partial charge is 0.234 e. The van der Waals surface area contributed by atoms with Crippen molar-refractivity contribution in [3.8, 4) is 5.75 Å². The maximum atomic E-state index is 12.3. The number of carbonyl (C=O) groups excluding carboxylic acids is 1. The first-order chi connectivity index (χ1) is 12.7. The van der Waals surface area contributed by atoms with Crippen molar-refractivity contribution in [1.29, 1.82) is 0 Å². The van der Waals surface area contributed by atoms with E-state index in [2.05, 4.69) is 27.0 Å². The lowest BCUT2D eigenvalue weighted by Crippen LogP contribution is -2.19. The maximum absolute atomic E-state index is 12.3. The van der Waals surface area contributed by atoms with Crippen molar-refractivity contribution in [2.24, 2.45) is 0 Å². The highest BCUT2D eigenvalue weighted by atomic mass is 32.2. The lowest BCUT2D eigenvalue weighted by atomic mass is 10.2. The molecule has 1 atom stereocenters. The number of methoxy groups -OCH3 is 1. The molecule has 1 saturated heterocycles. The Hall–Kier alpha value is -2.06. The molecule has 7 nitrogen and oxygen atoms in total. The lowest BCUT2D eigenvalue weighted by Gasteiger charge is -2.14. The van der Waals surface area contributed by atoms with Crippen molar-refractivity contribution in [2.45, 2.75) is 44.0 Å². The highest BCUT2D eigenvalue weighted by molar-refractivity contribution is 7.99. The average molecular weight is 376 g/mol. The first-order valence-electron chi connectivity index (χ1n) is 8.80. The number of benzene rings is 1. The van der Waals surface area contributed by atoms with E-state index in [1.807, 2.05) is 24.3 Å². The van der Waals surface area contributed by atoms with Crippen molar-refractivity contribution in [3.05, 3.63) is 30.1 Å². The summed E-state index contributed by atoms with van der Waals surface area (Å²) in [6, 6.07) is 7.35. The van der Waals surface area contributed by atoms with Crippen LogP contribution in [0.4, 0.5) is 5.69 Å². The molecule has 1 aromatic carbocycles. The number of carbonyl (C=O) groups is 1. The summed E-state index contributed by atoms with van der Waals surface area (Å²) in [7, 11) is 1.58. The summed E-state index contributed by atoms with van der Waals surface area (Å²) >= 11 is 1.39. The lowest BCUT2D eigenvalue weighted by molar-refractivity contribution is -0.113. The number of para-hydroxylation sites is 2. The van der Waals surface area contributed by atoms with E-state index in [1.165, 1.54) is 11.8 Å². The fourth-order valence-corrected chi connectivity index (χ4v) is 3.69. The van der Waals surface area contributed by atoms with Crippen LogP contribution >= 0.6 is 11.8 Å². The minimum absolute atomic E-state index is 0.107. The molecule has 26 heavy (non-hydrogen) atoms. The predicted molar refractivity (Wildman–Crippen MR) is 101 cm³/mol. The zero-order chi connectivity index (χ0) is 18.4. The Morgan fingerprint density at radius 2 is 2.27 bits per heavy atom. The summed E-state index contributed by atoms with van der Waals surface area (Å²) in [6.07, 6.45) is 3.16. The monoisotopic (exact) mass is 376 g/mol. The molecule has 2 aromatic rings. The summed E-state index contributed by atoms with van der Waals surface area (Å²) < 4.78 is 13.1. The van der Waals surface area contributed by atoms with Gasteiger partial charge in [0.2, 0.25) is 5.91 Å². The number of aromatic nitrogens is 3. The molecule has 140 valence electrons. The van der Waals surface area contributed by atoms with Crippen LogP contribution in [-0.4, -0.2) is 46.2 Å². The van der Waals surface area contributed by atoms with Gasteiger partial charge in [0.1, 0.15) is 11.6 Å². The standard InChI is InChI=1S/C18H24N4O3S/c1-3-16-20-21-18(22(16)11-13-7-6-10-25-13)26-12-17(23)19-14-8-4-5-9-15(14)24-2/h4-5,8-9,13H,3,6-7,10-12H2,1-2H3,(H,19,23). The van der Waals surface area contributed by atoms with Crippen LogP contribution in [0.1, 0.15) is 25.6 Å². The van der Waals surface area contributed by atoms with Crippen molar-refractivity contribution < 1.29 is 14.3 Å². The zero-order valence-corrected chi connectivity index (χ0v) is 15.9. The number of rotatable bonds is 8. The molecule has 1 aliphatic heterocycles. The molecule has 0 radical (unpaired) electrons. The van der Waals surface area contributed by atoms with Gasteiger partial charge in [0.25, 0.3) is 0 Å². The van der Waals surface area contributed by atoms with E-state index < -0.39 is 0 Å². The highest BCUT2D eigenvalue weighted by Crippen LogP contribution is 2.25. The second-order valence-corrected chi connectivity index (χ2v) is 6.98. The molecule has 2 heterocycles. The molecule has 1 unspecified atom stereocenters. The molecular weight excluding hydrogens is 352 g/mol. The van der Waals surface area contributed by atoms with Crippen molar-refractivity contribution in [3.63, 3.8) is 0 Å². The quantitative estimate of drug-likeness (QED) is 0.714. The first kappa shape index (κ1) is 18.7. The number of hydrogen-bond donors (Lipinski definition) is 1. The van der Waals surface area contributed by atoms with Gasteiger partial charge in [0.15, 0.2) is 5.16 Å². The number of aryl methyl sites for hydroxylation is 1. The van der Waals surface area contributed by atoms with Gasteiger partial charge in [0.05, 0.1) is 31.2 Å². The fraction of sp³-hybridized carbons (Fsp3) is 0.500. The van der Waals surface area contributed by atoms with E-state index >= 15 is 0 Å². The second kappa shape index (κ2) is 9.05. The average Bonchev–Trinajstić information content (AvgIpc) is 3.30. The topological polar surface area (TPSA) is 78.3 Å². The van der Waals surface area contributed by atoms with E-state index in [0.717, 1.165) is 43.4 Å². The summed E-state index contributed by atoms with van der Waals surface area (Å²) in [6.45, 7) is 3.61. The number of nitrogens with one attached hydrogen (secondary N) is 1. The number of hydrogen-bond acceptors (Lipinski definition) is 6. The van der Waals surface area contributed by atoms with Crippen molar-refractivity contribution in [1.82, 2.24) is 14.8 Å². The molecule has 1 aliphatic rings. The Morgan fingerprint density at radius 1 is 1.42 bits per heavy atom. The van der Waals surface area contributed by atoms with Gasteiger partial charge in [0, 0.05) is 13.0 Å². The number of ether oxygens (including phenoxy) is 2. The fourth-order valence-electron chi connectivity index (χ4n) is 2.93. The Labute approximate surface area is 157 Å². The molecule has 1 fully saturated rings. The Bertz CT molecular complexity index is 744. The molecule has 0 saturated carbocycles.